The zero-order valence-corrected chi connectivity index (χ0v) is 12.8. The van der Waals surface area contributed by atoms with E-state index in [1.165, 1.54) is 0 Å². The Morgan fingerprint density at radius 2 is 2.21 bits per heavy atom. The molecule has 0 spiro atoms. The molecular formula is C12H17BrN2O3S. The first kappa shape index (κ1) is 14.8. The van der Waals surface area contributed by atoms with Crippen molar-refractivity contribution in [1.82, 2.24) is 10.6 Å². The third-order valence-electron chi connectivity index (χ3n) is 3.05. The molecule has 2 rings (SSSR count). The Hall–Kier alpha value is -0.630. The van der Waals surface area contributed by atoms with E-state index >= 15 is 0 Å². The summed E-state index contributed by atoms with van der Waals surface area (Å²) in [7, 11) is 0. The van der Waals surface area contributed by atoms with Crippen LogP contribution in [0, 0.1) is 0 Å². The Bertz CT molecular complexity index is 432. The second kappa shape index (κ2) is 6.69. The lowest BCUT2D eigenvalue weighted by Crippen LogP contribution is -2.48. The van der Waals surface area contributed by atoms with Crippen LogP contribution < -0.4 is 10.6 Å². The summed E-state index contributed by atoms with van der Waals surface area (Å²) in [5.74, 6) is 0. The molecule has 19 heavy (non-hydrogen) atoms. The van der Waals surface area contributed by atoms with Crippen molar-refractivity contribution in [2.75, 3.05) is 19.8 Å². The number of urea groups is 1. The Kier molecular flexibility index (Phi) is 5.20. The number of halogens is 1. The zero-order chi connectivity index (χ0) is 13.7. The maximum absolute atomic E-state index is 11.6. The van der Waals surface area contributed by atoms with Gasteiger partial charge < -0.3 is 20.5 Å². The molecule has 1 saturated heterocycles. The van der Waals surface area contributed by atoms with Crippen molar-refractivity contribution in [3.05, 3.63) is 20.8 Å². The number of thiophene rings is 1. The van der Waals surface area contributed by atoms with E-state index in [4.69, 9.17) is 4.74 Å². The molecule has 106 valence electrons. The standard InChI is InChI=1S/C12H17BrN2O3S/c13-9-5-10(19-7-9)6-14-11(16)15-8-12(17)1-3-18-4-2-12/h5,7,17H,1-4,6,8H2,(H2,14,15,16). The summed E-state index contributed by atoms with van der Waals surface area (Å²) in [5.41, 5.74) is -0.832. The molecule has 0 unspecified atom stereocenters. The van der Waals surface area contributed by atoms with Gasteiger partial charge in [0.2, 0.25) is 0 Å². The van der Waals surface area contributed by atoms with E-state index in [1.54, 1.807) is 11.3 Å². The molecule has 0 atom stereocenters. The SMILES string of the molecule is O=C(NCc1cc(Br)cs1)NCC1(O)CCOCC1. The minimum atomic E-state index is -0.832. The summed E-state index contributed by atoms with van der Waals surface area (Å²) in [6.07, 6.45) is 1.12. The number of amides is 2. The first-order chi connectivity index (χ1) is 9.07. The smallest absolute Gasteiger partial charge is 0.315 e. The fourth-order valence-electron chi connectivity index (χ4n) is 1.85. The van der Waals surface area contributed by atoms with Gasteiger partial charge in [-0.1, -0.05) is 0 Å². The molecule has 0 aliphatic carbocycles. The van der Waals surface area contributed by atoms with Gasteiger partial charge in [-0.05, 0) is 22.0 Å². The molecule has 1 aliphatic heterocycles. The van der Waals surface area contributed by atoms with Crippen LogP contribution in [-0.2, 0) is 11.3 Å². The predicted octanol–water partition coefficient (Wildman–Crippen LogP) is 1.85. The number of carbonyl (C=O) groups is 1. The monoisotopic (exact) mass is 348 g/mol. The number of nitrogens with one attached hydrogen (secondary N) is 2. The van der Waals surface area contributed by atoms with E-state index < -0.39 is 5.60 Å². The average Bonchev–Trinajstić information content (AvgIpc) is 2.81. The highest BCUT2D eigenvalue weighted by molar-refractivity contribution is 9.10. The van der Waals surface area contributed by atoms with Crippen LogP contribution in [-0.4, -0.2) is 36.5 Å². The van der Waals surface area contributed by atoms with Crippen LogP contribution in [0.15, 0.2) is 15.9 Å². The summed E-state index contributed by atoms with van der Waals surface area (Å²) >= 11 is 4.95. The van der Waals surface area contributed by atoms with Crippen LogP contribution in [0.25, 0.3) is 0 Å². The Morgan fingerprint density at radius 1 is 1.47 bits per heavy atom. The fraction of sp³-hybridized carbons (Fsp3) is 0.583. The maximum atomic E-state index is 11.6. The molecule has 5 nitrogen and oxygen atoms in total. The topological polar surface area (TPSA) is 70.6 Å². The maximum Gasteiger partial charge on any atom is 0.315 e. The second-order valence-electron chi connectivity index (χ2n) is 4.60. The Morgan fingerprint density at radius 3 is 2.84 bits per heavy atom. The number of rotatable bonds is 4. The highest BCUT2D eigenvalue weighted by Gasteiger charge is 2.29. The Labute approximate surface area is 124 Å². The number of hydrogen-bond donors (Lipinski definition) is 3. The summed E-state index contributed by atoms with van der Waals surface area (Å²) in [5, 5.41) is 17.6. The highest BCUT2D eigenvalue weighted by atomic mass is 79.9. The number of aliphatic hydroxyl groups is 1. The molecular weight excluding hydrogens is 332 g/mol. The van der Waals surface area contributed by atoms with E-state index in [0.29, 0.717) is 32.6 Å². The van der Waals surface area contributed by atoms with Gasteiger partial charge in [-0.25, -0.2) is 4.79 Å². The summed E-state index contributed by atoms with van der Waals surface area (Å²) in [4.78, 5) is 12.7. The van der Waals surface area contributed by atoms with Crippen LogP contribution >= 0.6 is 27.3 Å². The fourth-order valence-corrected chi connectivity index (χ4v) is 3.24. The molecule has 2 heterocycles. The van der Waals surface area contributed by atoms with E-state index in [2.05, 4.69) is 26.6 Å². The van der Waals surface area contributed by atoms with Gasteiger partial charge in [-0.2, -0.15) is 0 Å². The predicted molar refractivity (Wildman–Crippen MR) is 77.3 cm³/mol. The number of carbonyl (C=O) groups excluding carboxylic acids is 1. The highest BCUT2D eigenvalue weighted by Crippen LogP contribution is 2.20. The van der Waals surface area contributed by atoms with E-state index in [9.17, 15) is 9.90 Å². The third kappa shape index (κ3) is 4.76. The van der Waals surface area contributed by atoms with Crippen molar-refractivity contribution >= 4 is 33.3 Å². The van der Waals surface area contributed by atoms with Crippen molar-refractivity contribution in [2.45, 2.75) is 25.0 Å². The van der Waals surface area contributed by atoms with Crippen LogP contribution in [0.3, 0.4) is 0 Å². The molecule has 1 aromatic rings. The molecule has 0 bridgehead atoms. The molecule has 1 aliphatic rings. The van der Waals surface area contributed by atoms with E-state index in [0.717, 1.165) is 9.35 Å². The van der Waals surface area contributed by atoms with Gasteiger partial charge in [0.1, 0.15) is 0 Å². The van der Waals surface area contributed by atoms with Crippen LogP contribution in [0.4, 0.5) is 4.79 Å². The van der Waals surface area contributed by atoms with Crippen LogP contribution in [0.2, 0.25) is 0 Å². The first-order valence-corrected chi connectivity index (χ1v) is 7.79. The molecule has 0 saturated carbocycles. The lowest BCUT2D eigenvalue weighted by Gasteiger charge is -2.32. The van der Waals surface area contributed by atoms with Gasteiger partial charge >= 0.3 is 6.03 Å². The quantitative estimate of drug-likeness (QED) is 0.777. The zero-order valence-electron chi connectivity index (χ0n) is 10.4. The first-order valence-electron chi connectivity index (χ1n) is 6.12. The van der Waals surface area contributed by atoms with Crippen molar-refractivity contribution in [1.29, 1.82) is 0 Å². The van der Waals surface area contributed by atoms with Crippen molar-refractivity contribution in [3.8, 4) is 0 Å². The van der Waals surface area contributed by atoms with Crippen LogP contribution in [0.1, 0.15) is 17.7 Å². The largest absolute Gasteiger partial charge is 0.388 e. The Balaban J connectivity index is 1.69. The summed E-state index contributed by atoms with van der Waals surface area (Å²) < 4.78 is 6.21. The second-order valence-corrected chi connectivity index (χ2v) is 6.52. The van der Waals surface area contributed by atoms with Crippen molar-refractivity contribution < 1.29 is 14.6 Å². The van der Waals surface area contributed by atoms with Gasteiger partial charge in [0.15, 0.2) is 0 Å². The van der Waals surface area contributed by atoms with Crippen molar-refractivity contribution in [3.63, 3.8) is 0 Å². The third-order valence-corrected chi connectivity index (χ3v) is 4.74. The summed E-state index contributed by atoms with van der Waals surface area (Å²) in [6.45, 7) is 1.84. The van der Waals surface area contributed by atoms with Gasteiger partial charge in [0.05, 0.1) is 12.1 Å². The van der Waals surface area contributed by atoms with E-state index in [-0.39, 0.29) is 12.6 Å². The van der Waals surface area contributed by atoms with E-state index in [1.807, 2.05) is 11.4 Å². The van der Waals surface area contributed by atoms with Gasteiger partial charge in [0, 0.05) is 47.3 Å². The molecule has 2 amide bonds. The van der Waals surface area contributed by atoms with Gasteiger partial charge in [0.25, 0.3) is 0 Å². The number of hydrogen-bond acceptors (Lipinski definition) is 4. The lowest BCUT2D eigenvalue weighted by molar-refractivity contribution is -0.0600. The molecule has 7 heteroatoms. The molecule has 0 aromatic carbocycles. The molecule has 1 fully saturated rings. The normalized spacial score (nSPS) is 18.0. The minimum Gasteiger partial charge on any atom is -0.388 e. The summed E-state index contributed by atoms with van der Waals surface area (Å²) in [6, 6.07) is 1.71. The lowest BCUT2D eigenvalue weighted by atomic mass is 9.94. The average molecular weight is 349 g/mol. The van der Waals surface area contributed by atoms with Crippen molar-refractivity contribution in [2.24, 2.45) is 0 Å². The molecule has 0 radical (unpaired) electrons. The minimum absolute atomic E-state index is 0.260. The van der Waals surface area contributed by atoms with Crippen LogP contribution in [0.5, 0.6) is 0 Å². The molecule has 1 aromatic heterocycles. The molecule has 3 N–H and O–H groups in total. The van der Waals surface area contributed by atoms with Gasteiger partial charge in [-0.15, -0.1) is 11.3 Å². The number of ether oxygens (including phenoxy) is 1. The van der Waals surface area contributed by atoms with Gasteiger partial charge in [-0.3, -0.25) is 0 Å².